The van der Waals surface area contributed by atoms with Gasteiger partial charge in [-0.05, 0) is 24.3 Å². The van der Waals surface area contributed by atoms with Crippen LogP contribution < -0.4 is 5.32 Å². The Morgan fingerprint density at radius 3 is 2.64 bits per heavy atom. The lowest BCUT2D eigenvalue weighted by molar-refractivity contribution is -0.120. The maximum Gasteiger partial charge on any atom is 0.220 e. The molecule has 0 radical (unpaired) electrons. The number of carbonyl (C=O) groups excluding carboxylic acids is 1. The molecule has 0 aliphatic carbocycles. The van der Waals surface area contributed by atoms with E-state index in [1.807, 2.05) is 0 Å². The zero-order valence-electron chi connectivity index (χ0n) is 7.92. The van der Waals surface area contributed by atoms with Crippen molar-refractivity contribution in [3.63, 3.8) is 0 Å². The lowest BCUT2D eigenvalue weighted by Gasteiger charge is -2.00. The molecule has 0 unspecified atom stereocenters. The Balaban J connectivity index is 2.31. The van der Waals surface area contributed by atoms with Crippen LogP contribution in [0.25, 0.3) is 0 Å². The first-order chi connectivity index (χ1) is 6.72. The van der Waals surface area contributed by atoms with E-state index in [4.69, 9.17) is 0 Å². The second kappa shape index (κ2) is 5.65. The van der Waals surface area contributed by atoms with Gasteiger partial charge in [-0.2, -0.15) is 0 Å². The Bertz CT molecular complexity index is 299. The molecule has 0 bridgehead atoms. The van der Waals surface area contributed by atoms with Gasteiger partial charge in [0.15, 0.2) is 0 Å². The average molecular weight is 213 g/mol. The van der Waals surface area contributed by atoms with E-state index in [0.717, 1.165) is 4.90 Å². The highest BCUT2D eigenvalue weighted by Gasteiger charge is 1.99. The minimum atomic E-state index is -0.236. The average Bonchev–Trinajstić information content (AvgIpc) is 2.21. The third kappa shape index (κ3) is 3.79. The predicted octanol–water partition coefficient (Wildman–Crippen LogP) is 2.05. The van der Waals surface area contributed by atoms with Crippen molar-refractivity contribution in [3.05, 3.63) is 30.1 Å². The topological polar surface area (TPSA) is 29.1 Å². The summed E-state index contributed by atoms with van der Waals surface area (Å²) in [6.07, 6.45) is 0.485. The third-order valence-electron chi connectivity index (χ3n) is 1.69. The largest absolute Gasteiger partial charge is 0.359 e. The molecule has 0 fully saturated rings. The Hall–Kier alpha value is -1.03. The fourth-order valence-corrected chi connectivity index (χ4v) is 1.77. The Kier molecular flexibility index (Phi) is 4.46. The number of nitrogens with one attached hydrogen (secondary N) is 1. The molecular weight excluding hydrogens is 201 g/mol. The number of hydrogen-bond donors (Lipinski definition) is 1. The molecule has 0 aromatic heterocycles. The van der Waals surface area contributed by atoms with Crippen LogP contribution in [-0.4, -0.2) is 18.7 Å². The molecule has 1 N–H and O–H groups in total. The zero-order valence-corrected chi connectivity index (χ0v) is 8.73. The Morgan fingerprint density at radius 1 is 1.43 bits per heavy atom. The normalized spacial score (nSPS) is 9.86. The van der Waals surface area contributed by atoms with E-state index in [2.05, 4.69) is 5.32 Å². The second-order valence-corrected chi connectivity index (χ2v) is 3.89. The molecule has 4 heteroatoms. The van der Waals surface area contributed by atoms with Crippen molar-refractivity contribution in [3.8, 4) is 0 Å². The summed E-state index contributed by atoms with van der Waals surface area (Å²) in [5, 5.41) is 2.55. The van der Waals surface area contributed by atoms with Gasteiger partial charge in [-0.1, -0.05) is 0 Å². The van der Waals surface area contributed by atoms with Gasteiger partial charge in [0, 0.05) is 24.1 Å². The fraction of sp³-hybridized carbons (Fsp3) is 0.300. The zero-order chi connectivity index (χ0) is 10.4. The number of halogens is 1. The maximum atomic E-state index is 12.5. The summed E-state index contributed by atoms with van der Waals surface area (Å²) in [6, 6.07) is 6.26. The molecule has 1 amide bonds. The van der Waals surface area contributed by atoms with E-state index in [1.165, 1.54) is 12.1 Å². The van der Waals surface area contributed by atoms with Gasteiger partial charge in [0.1, 0.15) is 5.82 Å². The van der Waals surface area contributed by atoms with Crippen molar-refractivity contribution in [1.82, 2.24) is 5.32 Å². The first-order valence-electron chi connectivity index (χ1n) is 4.31. The number of hydrogen-bond acceptors (Lipinski definition) is 2. The van der Waals surface area contributed by atoms with Crippen LogP contribution >= 0.6 is 11.8 Å². The summed E-state index contributed by atoms with van der Waals surface area (Å²) in [4.78, 5) is 11.9. The molecule has 14 heavy (non-hydrogen) atoms. The maximum absolute atomic E-state index is 12.5. The minimum Gasteiger partial charge on any atom is -0.359 e. The highest BCUT2D eigenvalue weighted by atomic mass is 32.2. The molecule has 0 aliphatic rings. The van der Waals surface area contributed by atoms with Gasteiger partial charge in [0.25, 0.3) is 0 Å². The van der Waals surface area contributed by atoms with Gasteiger partial charge < -0.3 is 5.32 Å². The molecule has 1 aromatic rings. The first-order valence-corrected chi connectivity index (χ1v) is 5.30. The van der Waals surface area contributed by atoms with Crippen molar-refractivity contribution in [1.29, 1.82) is 0 Å². The SMILES string of the molecule is CNC(=O)CCSc1ccc(F)cc1. The summed E-state index contributed by atoms with van der Waals surface area (Å²) in [7, 11) is 1.62. The van der Waals surface area contributed by atoms with Gasteiger partial charge in [-0.3, -0.25) is 4.79 Å². The van der Waals surface area contributed by atoms with Crippen molar-refractivity contribution < 1.29 is 9.18 Å². The van der Waals surface area contributed by atoms with E-state index in [1.54, 1.807) is 30.9 Å². The minimum absolute atomic E-state index is 0.0274. The summed E-state index contributed by atoms with van der Waals surface area (Å²) in [6.45, 7) is 0. The van der Waals surface area contributed by atoms with Crippen LogP contribution in [0.1, 0.15) is 6.42 Å². The molecule has 0 spiro atoms. The van der Waals surface area contributed by atoms with Crippen LogP contribution in [0.3, 0.4) is 0 Å². The van der Waals surface area contributed by atoms with Gasteiger partial charge in [-0.25, -0.2) is 4.39 Å². The van der Waals surface area contributed by atoms with E-state index >= 15 is 0 Å². The van der Waals surface area contributed by atoms with Crippen molar-refractivity contribution >= 4 is 17.7 Å². The van der Waals surface area contributed by atoms with Gasteiger partial charge in [-0.15, -0.1) is 11.8 Å². The first kappa shape index (κ1) is 11.0. The van der Waals surface area contributed by atoms with Crippen molar-refractivity contribution in [2.24, 2.45) is 0 Å². The number of thioether (sulfide) groups is 1. The van der Waals surface area contributed by atoms with Gasteiger partial charge >= 0.3 is 0 Å². The Morgan fingerprint density at radius 2 is 2.07 bits per heavy atom. The molecule has 2 nitrogen and oxygen atoms in total. The smallest absolute Gasteiger partial charge is 0.220 e. The third-order valence-corrected chi connectivity index (χ3v) is 2.70. The van der Waals surface area contributed by atoms with Crippen LogP contribution in [0.5, 0.6) is 0 Å². The standard InChI is InChI=1S/C10H12FNOS/c1-12-10(13)6-7-14-9-4-2-8(11)3-5-9/h2-5H,6-7H2,1H3,(H,12,13). The summed E-state index contributed by atoms with van der Waals surface area (Å²) >= 11 is 1.55. The lowest BCUT2D eigenvalue weighted by atomic mass is 10.4. The number of rotatable bonds is 4. The number of carbonyl (C=O) groups is 1. The van der Waals surface area contributed by atoms with Crippen LogP contribution in [0.15, 0.2) is 29.2 Å². The van der Waals surface area contributed by atoms with E-state index < -0.39 is 0 Å². The van der Waals surface area contributed by atoms with Crippen LogP contribution in [0, 0.1) is 5.82 Å². The van der Waals surface area contributed by atoms with Crippen LogP contribution in [0.4, 0.5) is 4.39 Å². The molecule has 1 aromatic carbocycles. The predicted molar refractivity (Wildman–Crippen MR) is 55.8 cm³/mol. The number of amides is 1. The fourth-order valence-electron chi connectivity index (χ4n) is 0.917. The molecular formula is C10H12FNOS. The molecule has 0 aliphatic heterocycles. The molecule has 1 rings (SSSR count). The molecule has 0 saturated heterocycles. The molecule has 0 saturated carbocycles. The van der Waals surface area contributed by atoms with Crippen molar-refractivity contribution in [2.45, 2.75) is 11.3 Å². The van der Waals surface area contributed by atoms with Gasteiger partial charge in [0.2, 0.25) is 5.91 Å². The Labute approximate surface area is 86.9 Å². The van der Waals surface area contributed by atoms with Gasteiger partial charge in [0.05, 0.1) is 0 Å². The lowest BCUT2D eigenvalue weighted by Crippen LogP contribution is -2.17. The highest BCUT2D eigenvalue weighted by molar-refractivity contribution is 7.99. The van der Waals surface area contributed by atoms with Crippen LogP contribution in [-0.2, 0) is 4.79 Å². The van der Waals surface area contributed by atoms with E-state index in [-0.39, 0.29) is 11.7 Å². The van der Waals surface area contributed by atoms with Crippen LogP contribution in [0.2, 0.25) is 0 Å². The summed E-state index contributed by atoms with van der Waals surface area (Å²) in [5.41, 5.74) is 0. The molecule has 0 atom stereocenters. The van der Waals surface area contributed by atoms with Crippen molar-refractivity contribution in [2.75, 3.05) is 12.8 Å². The number of benzene rings is 1. The van der Waals surface area contributed by atoms with E-state index in [0.29, 0.717) is 12.2 Å². The molecule has 0 heterocycles. The summed E-state index contributed by atoms with van der Waals surface area (Å²) in [5.74, 6) is 0.506. The summed E-state index contributed by atoms with van der Waals surface area (Å²) < 4.78 is 12.5. The van der Waals surface area contributed by atoms with E-state index in [9.17, 15) is 9.18 Å². The monoisotopic (exact) mass is 213 g/mol. The molecule has 76 valence electrons. The second-order valence-electron chi connectivity index (χ2n) is 2.73. The quantitative estimate of drug-likeness (QED) is 0.776. The highest BCUT2D eigenvalue weighted by Crippen LogP contribution is 2.18.